The predicted molar refractivity (Wildman–Crippen MR) is 210 cm³/mol. The van der Waals surface area contributed by atoms with E-state index in [-0.39, 0.29) is 0 Å². The Morgan fingerprint density at radius 1 is 0.600 bits per heavy atom. The average Bonchev–Trinajstić information content (AvgIpc) is 3.60. The largest absolute Gasteiger partial charge is 0.314 e. The second-order valence-electron chi connectivity index (χ2n) is 16.2. The van der Waals surface area contributed by atoms with Gasteiger partial charge in [-0.15, -0.1) is 0 Å². The molecule has 1 aliphatic carbocycles. The van der Waals surface area contributed by atoms with Gasteiger partial charge in [0.05, 0.1) is 0 Å². The number of likely N-dealkylation sites (tertiary alicyclic amines) is 1. The number of hydrogen-bond donors (Lipinski definition) is 1. The minimum absolute atomic E-state index is 0.545. The first kappa shape index (κ1) is 35.8. The minimum atomic E-state index is 0.545. The first-order valence-electron chi connectivity index (χ1n) is 20.6. The zero-order chi connectivity index (χ0) is 33.8. The fourth-order valence-corrected chi connectivity index (χ4v) is 9.89. The van der Waals surface area contributed by atoms with Crippen LogP contribution in [0.25, 0.3) is 0 Å². The highest BCUT2D eigenvalue weighted by Crippen LogP contribution is 2.29. The van der Waals surface area contributed by atoms with Crippen molar-refractivity contribution in [3.8, 4) is 0 Å². The summed E-state index contributed by atoms with van der Waals surface area (Å²) in [4.78, 5) is 11.6. The Morgan fingerprint density at radius 2 is 1.28 bits per heavy atom. The van der Waals surface area contributed by atoms with Crippen molar-refractivity contribution in [2.45, 2.75) is 101 Å². The maximum Gasteiger partial charge on any atom is 0.0264 e. The van der Waals surface area contributed by atoms with Crippen molar-refractivity contribution in [2.24, 2.45) is 5.92 Å². The fraction of sp³-hybridized carbons (Fsp3) is 0.600. The molecule has 3 aromatic rings. The van der Waals surface area contributed by atoms with Crippen molar-refractivity contribution in [3.05, 3.63) is 108 Å². The van der Waals surface area contributed by atoms with Gasteiger partial charge in [0.2, 0.25) is 0 Å². The maximum atomic E-state index is 3.71. The number of rotatable bonds is 15. The standard InChI is InChI=1S/C45H65N5/c1-5-15-38(16-6-1)23-13-26-47-29-30-50(36-44(47)32-40-19-9-3-10-20-40)45(33-41-21-11-4-12-22-41)37-48-27-14-24-42(48)35-49-28-25-46-34-43(49)31-39-17-7-2-8-18-39/h2-4,7-12,17-22,38,42-46H,1,5-6,13-16,23-37H2/t42?,43-,44-,45-/m0/s1. The molecule has 0 aromatic heterocycles. The Morgan fingerprint density at radius 3 is 2.00 bits per heavy atom. The van der Waals surface area contributed by atoms with Crippen LogP contribution in [0.3, 0.4) is 0 Å². The van der Waals surface area contributed by atoms with Crippen LogP contribution < -0.4 is 5.32 Å². The van der Waals surface area contributed by atoms with Gasteiger partial charge in [-0.2, -0.15) is 0 Å². The summed E-state index contributed by atoms with van der Waals surface area (Å²) in [6.07, 6.45) is 16.3. The number of hydrogen-bond acceptors (Lipinski definition) is 5. The molecule has 7 rings (SSSR count). The molecule has 1 saturated carbocycles. The number of nitrogens with one attached hydrogen (secondary N) is 1. The molecule has 270 valence electrons. The summed E-state index contributed by atoms with van der Waals surface area (Å²) in [5, 5.41) is 3.71. The van der Waals surface area contributed by atoms with E-state index in [0.29, 0.717) is 24.2 Å². The third-order valence-corrected chi connectivity index (χ3v) is 12.7. The Hall–Kier alpha value is -2.54. The molecular formula is C45H65N5. The van der Waals surface area contributed by atoms with Crippen LogP contribution in [0.4, 0.5) is 0 Å². The van der Waals surface area contributed by atoms with E-state index < -0.39 is 0 Å². The highest BCUT2D eigenvalue weighted by molar-refractivity contribution is 5.19. The lowest BCUT2D eigenvalue weighted by molar-refractivity contribution is 0.0280. The summed E-state index contributed by atoms with van der Waals surface area (Å²) in [7, 11) is 0. The van der Waals surface area contributed by atoms with Crippen LogP contribution in [0, 0.1) is 5.92 Å². The molecule has 1 unspecified atom stereocenters. The van der Waals surface area contributed by atoms with Crippen LogP contribution in [0.5, 0.6) is 0 Å². The molecule has 4 atom stereocenters. The zero-order valence-electron chi connectivity index (χ0n) is 30.9. The van der Waals surface area contributed by atoms with Gasteiger partial charge in [-0.25, -0.2) is 0 Å². The molecule has 3 aromatic carbocycles. The van der Waals surface area contributed by atoms with Gasteiger partial charge in [0.1, 0.15) is 0 Å². The van der Waals surface area contributed by atoms with Crippen molar-refractivity contribution >= 4 is 0 Å². The monoisotopic (exact) mass is 676 g/mol. The van der Waals surface area contributed by atoms with Crippen LogP contribution in [0.2, 0.25) is 0 Å². The highest BCUT2D eigenvalue weighted by Gasteiger charge is 2.36. The van der Waals surface area contributed by atoms with Gasteiger partial charge >= 0.3 is 0 Å². The van der Waals surface area contributed by atoms with Gasteiger partial charge in [-0.1, -0.05) is 123 Å². The van der Waals surface area contributed by atoms with Crippen molar-refractivity contribution < 1.29 is 0 Å². The van der Waals surface area contributed by atoms with Gasteiger partial charge in [0.25, 0.3) is 0 Å². The molecule has 5 heteroatoms. The number of piperazine rings is 2. The van der Waals surface area contributed by atoms with Crippen LogP contribution >= 0.6 is 0 Å². The van der Waals surface area contributed by atoms with E-state index in [1.807, 2.05) is 0 Å². The minimum Gasteiger partial charge on any atom is -0.314 e. The van der Waals surface area contributed by atoms with E-state index in [9.17, 15) is 0 Å². The summed E-state index contributed by atoms with van der Waals surface area (Å²) in [5.41, 5.74) is 4.46. The Labute approximate surface area is 304 Å². The van der Waals surface area contributed by atoms with E-state index in [4.69, 9.17) is 0 Å². The topological polar surface area (TPSA) is 25.0 Å². The fourth-order valence-electron chi connectivity index (χ4n) is 9.89. The number of benzene rings is 3. The summed E-state index contributed by atoms with van der Waals surface area (Å²) in [6, 6.07) is 36.3. The summed E-state index contributed by atoms with van der Waals surface area (Å²) >= 11 is 0. The molecule has 0 spiro atoms. The molecule has 3 aliphatic heterocycles. The van der Waals surface area contributed by atoms with E-state index >= 15 is 0 Å². The number of nitrogens with zero attached hydrogens (tertiary/aromatic N) is 4. The van der Waals surface area contributed by atoms with Gasteiger partial charge in [0, 0.05) is 76.5 Å². The third kappa shape index (κ3) is 10.3. The third-order valence-electron chi connectivity index (χ3n) is 12.7. The molecule has 4 aliphatic rings. The van der Waals surface area contributed by atoms with Gasteiger partial charge < -0.3 is 5.32 Å². The zero-order valence-corrected chi connectivity index (χ0v) is 30.9. The highest BCUT2D eigenvalue weighted by atomic mass is 15.3. The molecule has 3 heterocycles. The van der Waals surface area contributed by atoms with Gasteiger partial charge in [-0.05, 0) is 80.6 Å². The summed E-state index contributed by atoms with van der Waals surface area (Å²) in [5.74, 6) is 0.982. The first-order valence-corrected chi connectivity index (χ1v) is 20.6. The lowest BCUT2D eigenvalue weighted by atomic mass is 9.86. The van der Waals surface area contributed by atoms with Crippen LogP contribution in [-0.4, -0.2) is 109 Å². The molecule has 50 heavy (non-hydrogen) atoms. The SMILES string of the molecule is c1ccc(C[C@H]2CNCCN2CC2CCCN2C[C@H](Cc2ccccc2)N2CCN(CCCC3CCCCC3)[C@@H](Cc3ccccc3)C2)cc1. The van der Waals surface area contributed by atoms with Crippen molar-refractivity contribution in [1.29, 1.82) is 0 Å². The molecule has 0 bridgehead atoms. The molecule has 0 radical (unpaired) electrons. The van der Waals surface area contributed by atoms with E-state index in [1.54, 1.807) is 0 Å². The quantitative estimate of drug-likeness (QED) is 0.184. The molecule has 1 N–H and O–H groups in total. The Bertz CT molecular complexity index is 1360. The van der Waals surface area contributed by atoms with Crippen LogP contribution in [0.1, 0.15) is 74.5 Å². The Kier molecular flexibility index (Phi) is 13.5. The summed E-state index contributed by atoms with van der Waals surface area (Å²) < 4.78 is 0. The molecule has 5 nitrogen and oxygen atoms in total. The average molecular weight is 676 g/mol. The van der Waals surface area contributed by atoms with E-state index in [0.717, 1.165) is 38.3 Å². The smallest absolute Gasteiger partial charge is 0.0264 e. The Balaban J connectivity index is 1.03. The molecular weight excluding hydrogens is 611 g/mol. The van der Waals surface area contributed by atoms with Crippen molar-refractivity contribution in [2.75, 3.05) is 65.4 Å². The molecule has 0 amide bonds. The second-order valence-corrected chi connectivity index (χ2v) is 16.2. The van der Waals surface area contributed by atoms with Gasteiger partial charge in [0.15, 0.2) is 0 Å². The van der Waals surface area contributed by atoms with Crippen molar-refractivity contribution in [1.82, 2.24) is 24.9 Å². The lowest BCUT2D eigenvalue weighted by Gasteiger charge is -2.46. The summed E-state index contributed by atoms with van der Waals surface area (Å²) in [6.45, 7) is 11.9. The molecule has 3 saturated heterocycles. The second kappa shape index (κ2) is 18.8. The van der Waals surface area contributed by atoms with Crippen molar-refractivity contribution in [3.63, 3.8) is 0 Å². The predicted octanol–water partition coefficient (Wildman–Crippen LogP) is 7.17. The van der Waals surface area contributed by atoms with E-state index in [2.05, 4.69) is 116 Å². The molecule has 4 fully saturated rings. The lowest BCUT2D eigenvalue weighted by Crippen LogP contribution is -2.60. The van der Waals surface area contributed by atoms with Gasteiger partial charge in [-0.3, -0.25) is 19.6 Å². The van der Waals surface area contributed by atoms with Crippen LogP contribution in [-0.2, 0) is 19.3 Å². The normalized spacial score (nSPS) is 25.6. The van der Waals surface area contributed by atoms with E-state index in [1.165, 1.54) is 127 Å². The maximum absolute atomic E-state index is 3.71. The first-order chi connectivity index (χ1) is 24.8. The van der Waals surface area contributed by atoms with Crippen LogP contribution in [0.15, 0.2) is 91.0 Å².